The summed E-state index contributed by atoms with van der Waals surface area (Å²) in [5.41, 5.74) is 5.70. The van der Waals surface area contributed by atoms with E-state index in [2.05, 4.69) is 93.5 Å². The second kappa shape index (κ2) is 20.5. The van der Waals surface area contributed by atoms with E-state index >= 15 is 0 Å². The number of hydrogen-bond acceptors (Lipinski definition) is 8. The Hall–Kier alpha value is -3.17. The normalized spacial score (nSPS) is 16.5. The van der Waals surface area contributed by atoms with E-state index < -0.39 is 11.9 Å². The molecule has 49 heavy (non-hydrogen) atoms. The number of phenols is 2. The molecule has 2 aromatic carbocycles. The summed E-state index contributed by atoms with van der Waals surface area (Å²) in [7, 11) is 0. The van der Waals surface area contributed by atoms with Gasteiger partial charge in [0.05, 0.1) is 12.1 Å². The van der Waals surface area contributed by atoms with Crippen LogP contribution >= 0.6 is 0 Å². The van der Waals surface area contributed by atoms with Gasteiger partial charge in [0, 0.05) is 46.6 Å². The fraction of sp³-hybridized carbons (Fsp3) is 0.600. The van der Waals surface area contributed by atoms with Crippen LogP contribution < -0.4 is 10.2 Å². The molecule has 0 spiro atoms. The molecule has 2 atom stereocenters. The summed E-state index contributed by atoms with van der Waals surface area (Å²) in [6.45, 7) is 23.7. The van der Waals surface area contributed by atoms with Crippen molar-refractivity contribution < 1.29 is 46.8 Å². The molecule has 0 saturated heterocycles. The third-order valence-electron chi connectivity index (χ3n) is 7.81. The molecule has 9 heteroatoms. The van der Waals surface area contributed by atoms with Crippen molar-refractivity contribution >= 4 is 24.4 Å². The molecule has 1 radical (unpaired) electrons. The fourth-order valence-corrected chi connectivity index (χ4v) is 5.75. The van der Waals surface area contributed by atoms with Crippen molar-refractivity contribution in [3.8, 4) is 11.5 Å². The van der Waals surface area contributed by atoms with Gasteiger partial charge in [-0.1, -0.05) is 94.2 Å². The van der Waals surface area contributed by atoms with Crippen LogP contribution in [0.1, 0.15) is 142 Å². The Morgan fingerprint density at radius 2 is 1.00 bits per heavy atom. The number of aliphatic carboxylic acids is 2. The van der Waals surface area contributed by atoms with Crippen LogP contribution in [0.2, 0.25) is 0 Å². The molecule has 275 valence electrons. The van der Waals surface area contributed by atoms with Crippen LogP contribution in [-0.4, -0.2) is 46.7 Å². The van der Waals surface area contributed by atoms with Crippen molar-refractivity contribution in [3.05, 3.63) is 57.6 Å². The van der Waals surface area contributed by atoms with Crippen LogP contribution in [0.4, 0.5) is 0 Å². The topological polar surface area (TPSA) is 145 Å². The maximum absolute atomic E-state index is 11.2. The molecule has 0 heterocycles. The van der Waals surface area contributed by atoms with Gasteiger partial charge in [0.1, 0.15) is 11.5 Å². The second-order valence-corrected chi connectivity index (χ2v) is 15.8. The molecule has 1 aliphatic carbocycles. The number of carboxylic acids is 2. The van der Waals surface area contributed by atoms with Gasteiger partial charge in [-0.15, -0.1) is 0 Å². The Kier molecular flexibility index (Phi) is 19.2. The molecule has 0 bridgehead atoms. The maximum Gasteiger partial charge on any atom is 2.00 e. The first-order chi connectivity index (χ1) is 22.0. The van der Waals surface area contributed by atoms with Gasteiger partial charge in [0.25, 0.3) is 0 Å². The van der Waals surface area contributed by atoms with Crippen molar-refractivity contribution in [1.82, 2.24) is 0 Å². The maximum atomic E-state index is 11.2. The first-order valence-electron chi connectivity index (χ1n) is 17.2. The minimum Gasteiger partial charge on any atom is -0.550 e. The van der Waals surface area contributed by atoms with E-state index in [0.717, 1.165) is 74.6 Å². The summed E-state index contributed by atoms with van der Waals surface area (Å²) in [6, 6.07) is 8.62. The van der Waals surface area contributed by atoms with E-state index in [1.54, 1.807) is 0 Å². The number of carboxylic acid groups (broad SMARTS) is 2. The minimum absolute atomic E-state index is 0. The molecule has 1 fully saturated rings. The molecule has 8 nitrogen and oxygen atoms in total. The van der Waals surface area contributed by atoms with Crippen LogP contribution in [0.3, 0.4) is 0 Å². The first kappa shape index (κ1) is 45.8. The zero-order valence-corrected chi connectivity index (χ0v) is 32.8. The number of nitrogens with zero attached hydrogens (tertiary/aromatic N) is 2. The van der Waals surface area contributed by atoms with E-state index in [0.29, 0.717) is 23.3 Å². The minimum atomic E-state index is -1.08. The van der Waals surface area contributed by atoms with Gasteiger partial charge in [-0.2, -0.15) is 0 Å². The monoisotopic (exact) mass is 723 g/mol. The molecule has 3 rings (SSSR count). The number of phenolic OH excluding ortho intramolecular Hbond substituents is 2. The molecule has 1 saturated carbocycles. The zero-order chi connectivity index (χ0) is 37.0. The average Bonchev–Trinajstić information content (AvgIpc) is 2.91. The third kappa shape index (κ3) is 16.9. The number of hydrogen-bond donors (Lipinski definition) is 2. The van der Waals surface area contributed by atoms with Crippen LogP contribution in [0.15, 0.2) is 34.3 Å². The quantitative estimate of drug-likeness (QED) is 0.300. The van der Waals surface area contributed by atoms with Crippen LogP contribution in [0.25, 0.3) is 0 Å². The number of aromatic hydroxyl groups is 2. The number of carbonyl (C=O) groups is 2. The van der Waals surface area contributed by atoms with E-state index in [4.69, 9.17) is 29.8 Å². The summed E-state index contributed by atoms with van der Waals surface area (Å²) < 4.78 is 0. The Balaban J connectivity index is 0.00000230. The fourth-order valence-electron chi connectivity index (χ4n) is 5.75. The number of rotatable bonds is 8. The van der Waals surface area contributed by atoms with Crippen molar-refractivity contribution in [2.45, 2.75) is 145 Å². The largest absolute Gasteiger partial charge is 2.00 e. The Morgan fingerprint density at radius 1 is 0.714 bits per heavy atom. The standard InChI is InChI=1S/C36H54N2O2.2C2H4O2.Co/c1-23(2)15-25-17-27(33(39)29(19-25)35(5,6)7)21-37-31-13-11-12-14-32(31)38-22-28-18-26(16-24(3)4)20-30(34(28)40)36(8,9)10;2*1-2(3)4;/h17-24,31-32,39-40H,11-16H2,1-10H3;2*1H3,(H,3,4);/q;;;+2/p-2. The van der Waals surface area contributed by atoms with Gasteiger partial charge in [-0.05, 0) is 85.5 Å². The first-order valence-corrected chi connectivity index (χ1v) is 17.2. The molecule has 1 aliphatic rings. The van der Waals surface area contributed by atoms with Gasteiger partial charge in [-0.25, -0.2) is 0 Å². The van der Waals surface area contributed by atoms with Crippen molar-refractivity contribution in [3.63, 3.8) is 0 Å². The summed E-state index contributed by atoms with van der Waals surface area (Å²) >= 11 is 0. The number of benzene rings is 2. The van der Waals surface area contributed by atoms with Gasteiger partial charge in [0.15, 0.2) is 0 Å². The average molecular weight is 724 g/mol. The molecule has 0 aliphatic heterocycles. The second-order valence-electron chi connectivity index (χ2n) is 15.8. The number of aliphatic imine (C=N–C) groups is 2. The van der Waals surface area contributed by atoms with E-state index in [-0.39, 0.29) is 39.7 Å². The predicted molar refractivity (Wildman–Crippen MR) is 193 cm³/mol. The smallest absolute Gasteiger partial charge is 0.550 e. The summed E-state index contributed by atoms with van der Waals surface area (Å²) in [5, 5.41) is 40.2. The van der Waals surface area contributed by atoms with Crippen LogP contribution in [0.5, 0.6) is 11.5 Å². The summed E-state index contributed by atoms with van der Waals surface area (Å²) in [6.07, 6.45) is 9.91. The predicted octanol–water partition coefficient (Wildman–Crippen LogP) is 6.45. The Morgan fingerprint density at radius 3 is 1.24 bits per heavy atom. The Bertz CT molecular complexity index is 1300. The molecule has 2 unspecified atom stereocenters. The molecular weight excluding hydrogens is 663 g/mol. The Labute approximate surface area is 305 Å². The van der Waals surface area contributed by atoms with Crippen LogP contribution in [0, 0.1) is 11.8 Å². The van der Waals surface area contributed by atoms with E-state index in [1.165, 1.54) is 11.1 Å². The molecule has 0 amide bonds. The van der Waals surface area contributed by atoms with E-state index in [1.807, 2.05) is 12.4 Å². The van der Waals surface area contributed by atoms with Gasteiger partial charge < -0.3 is 30.0 Å². The van der Waals surface area contributed by atoms with Crippen molar-refractivity contribution in [2.24, 2.45) is 21.8 Å². The van der Waals surface area contributed by atoms with Crippen LogP contribution in [-0.2, 0) is 50.0 Å². The third-order valence-corrected chi connectivity index (χ3v) is 7.81. The van der Waals surface area contributed by atoms with Crippen molar-refractivity contribution in [2.75, 3.05) is 0 Å². The van der Waals surface area contributed by atoms with Gasteiger partial charge >= 0.3 is 16.8 Å². The van der Waals surface area contributed by atoms with Gasteiger partial charge in [-0.3, -0.25) is 9.98 Å². The molecule has 0 aromatic heterocycles. The SMILES string of the molecule is CC(=O)[O-].CC(=O)[O-].CC(C)Cc1cc(C=NC2CCCCC2N=Cc2cc(CC(C)C)cc(C(C)(C)C)c2O)c(O)c(C(C)(C)C)c1.[Co+2]. The molecule has 2 aromatic rings. The number of carbonyl (C=O) groups excluding carboxylic acids is 2. The van der Waals surface area contributed by atoms with Gasteiger partial charge in [0.2, 0.25) is 0 Å². The molecule has 2 N–H and O–H groups in total. The van der Waals surface area contributed by atoms with Crippen molar-refractivity contribution in [1.29, 1.82) is 0 Å². The van der Waals surface area contributed by atoms with E-state index in [9.17, 15) is 10.2 Å². The summed E-state index contributed by atoms with van der Waals surface area (Å²) in [4.78, 5) is 27.8. The summed E-state index contributed by atoms with van der Waals surface area (Å²) in [5.74, 6) is -0.427. The zero-order valence-electron chi connectivity index (χ0n) is 31.8. The molecular formula is C40H60CoN2O6.